The molecule has 0 aliphatic rings. The van der Waals surface area contributed by atoms with Crippen LogP contribution in [0.2, 0.25) is 0 Å². The number of methoxy groups -OCH3 is 1. The van der Waals surface area contributed by atoms with Gasteiger partial charge in [0.25, 0.3) is 0 Å². The quantitative estimate of drug-likeness (QED) is 0.585. The fourth-order valence-electron chi connectivity index (χ4n) is 2.44. The molecule has 2 aromatic carbocycles. The van der Waals surface area contributed by atoms with Crippen molar-refractivity contribution in [2.24, 2.45) is 5.73 Å². The highest BCUT2D eigenvalue weighted by Gasteiger charge is 2.06. The highest BCUT2D eigenvalue weighted by Crippen LogP contribution is 2.31. The van der Waals surface area contributed by atoms with Gasteiger partial charge in [-0.1, -0.05) is 25.0 Å². The minimum absolute atomic E-state index is 0. The van der Waals surface area contributed by atoms with Crippen LogP contribution in [-0.4, -0.2) is 19.6 Å². The van der Waals surface area contributed by atoms with Gasteiger partial charge in [-0.15, -0.1) is 12.4 Å². The van der Waals surface area contributed by atoms with E-state index in [2.05, 4.69) is 5.32 Å². The Balaban J connectivity index is 0.00000338. The number of para-hydroxylation sites is 2. The largest absolute Gasteiger partial charge is 0.493 e. The van der Waals surface area contributed by atoms with Crippen LogP contribution < -0.4 is 20.5 Å². The van der Waals surface area contributed by atoms with Crippen LogP contribution in [-0.2, 0) is 4.79 Å². The zero-order valence-corrected chi connectivity index (χ0v) is 15.9. The number of unbranched alkanes of at least 4 members (excludes halogenated alkanes) is 3. The predicted octanol–water partition coefficient (Wildman–Crippen LogP) is 4.76. The number of rotatable bonds is 10. The molecule has 0 radical (unpaired) electrons. The number of anilines is 1. The second-order valence-corrected chi connectivity index (χ2v) is 5.78. The second kappa shape index (κ2) is 12.2. The van der Waals surface area contributed by atoms with Crippen LogP contribution in [0.3, 0.4) is 0 Å². The van der Waals surface area contributed by atoms with Crippen LogP contribution in [0.4, 0.5) is 5.69 Å². The summed E-state index contributed by atoms with van der Waals surface area (Å²) in [6.45, 7) is 0.718. The predicted molar refractivity (Wildman–Crippen MR) is 108 cm³/mol. The van der Waals surface area contributed by atoms with E-state index in [-0.39, 0.29) is 18.3 Å². The summed E-state index contributed by atoms with van der Waals surface area (Å²) in [5.41, 5.74) is 6.22. The third kappa shape index (κ3) is 7.33. The lowest BCUT2D eigenvalue weighted by Gasteiger charge is -2.11. The average Bonchev–Trinajstić information content (AvgIpc) is 2.63. The van der Waals surface area contributed by atoms with Crippen molar-refractivity contribution < 1.29 is 14.3 Å². The number of amides is 1. The summed E-state index contributed by atoms with van der Waals surface area (Å²) in [5.74, 6) is 2.05. The van der Waals surface area contributed by atoms with Crippen molar-refractivity contribution in [1.29, 1.82) is 0 Å². The van der Waals surface area contributed by atoms with Gasteiger partial charge in [0.05, 0.1) is 7.11 Å². The van der Waals surface area contributed by atoms with Gasteiger partial charge in [-0.2, -0.15) is 0 Å². The van der Waals surface area contributed by atoms with Gasteiger partial charge < -0.3 is 20.5 Å². The van der Waals surface area contributed by atoms with E-state index >= 15 is 0 Å². The minimum Gasteiger partial charge on any atom is -0.493 e. The first-order valence-electron chi connectivity index (χ1n) is 8.64. The Labute approximate surface area is 161 Å². The van der Waals surface area contributed by atoms with E-state index in [1.165, 1.54) is 0 Å². The van der Waals surface area contributed by atoms with Crippen LogP contribution in [0.1, 0.15) is 32.1 Å². The maximum Gasteiger partial charge on any atom is 0.224 e. The molecule has 0 unspecified atom stereocenters. The molecule has 0 fully saturated rings. The number of hydrogen-bond acceptors (Lipinski definition) is 4. The molecular weight excluding hydrogens is 352 g/mol. The minimum atomic E-state index is 0. The molecule has 0 aromatic heterocycles. The van der Waals surface area contributed by atoms with E-state index in [0.717, 1.165) is 37.9 Å². The normalized spacial score (nSPS) is 9.92. The standard InChI is InChI=1S/C20H26N2O3.ClH/c1-24-18-8-5-6-9-19(18)25-17-13-11-16(12-14-17)22-20(23)10-4-2-3-7-15-21;/h5-6,8-9,11-14H,2-4,7,10,15,21H2,1H3,(H,22,23);1H. The molecule has 0 saturated carbocycles. The molecule has 142 valence electrons. The lowest BCUT2D eigenvalue weighted by atomic mass is 10.1. The van der Waals surface area contributed by atoms with Crippen LogP contribution >= 0.6 is 12.4 Å². The highest BCUT2D eigenvalue weighted by molar-refractivity contribution is 5.90. The van der Waals surface area contributed by atoms with E-state index in [9.17, 15) is 4.79 Å². The van der Waals surface area contributed by atoms with Crippen molar-refractivity contribution in [2.45, 2.75) is 32.1 Å². The van der Waals surface area contributed by atoms with Gasteiger partial charge in [-0.25, -0.2) is 0 Å². The molecule has 0 heterocycles. The van der Waals surface area contributed by atoms with Gasteiger partial charge in [0.15, 0.2) is 11.5 Å². The molecule has 0 saturated heterocycles. The van der Waals surface area contributed by atoms with Gasteiger partial charge in [0.1, 0.15) is 5.75 Å². The second-order valence-electron chi connectivity index (χ2n) is 5.78. The Bertz CT molecular complexity index is 662. The van der Waals surface area contributed by atoms with Crippen molar-refractivity contribution in [2.75, 3.05) is 19.0 Å². The van der Waals surface area contributed by atoms with Crippen LogP contribution in [0.5, 0.6) is 17.2 Å². The van der Waals surface area contributed by atoms with Crippen molar-refractivity contribution in [3.63, 3.8) is 0 Å². The molecule has 2 rings (SSSR count). The number of nitrogens with one attached hydrogen (secondary N) is 1. The summed E-state index contributed by atoms with van der Waals surface area (Å²) >= 11 is 0. The SMILES string of the molecule is COc1ccccc1Oc1ccc(NC(=O)CCCCCCN)cc1.Cl. The Morgan fingerprint density at radius 3 is 2.27 bits per heavy atom. The summed E-state index contributed by atoms with van der Waals surface area (Å²) in [6.07, 6.45) is 4.56. The number of nitrogens with two attached hydrogens (primary N) is 1. The molecule has 0 spiro atoms. The third-order valence-corrected chi connectivity index (χ3v) is 3.79. The van der Waals surface area contributed by atoms with E-state index in [4.69, 9.17) is 15.2 Å². The molecule has 0 bridgehead atoms. The van der Waals surface area contributed by atoms with Crippen LogP contribution in [0, 0.1) is 0 Å². The Kier molecular flexibility index (Phi) is 10.2. The van der Waals surface area contributed by atoms with Gasteiger partial charge >= 0.3 is 0 Å². The van der Waals surface area contributed by atoms with Crippen molar-refractivity contribution in [3.8, 4) is 17.2 Å². The van der Waals surface area contributed by atoms with Crippen molar-refractivity contribution in [3.05, 3.63) is 48.5 Å². The smallest absolute Gasteiger partial charge is 0.224 e. The van der Waals surface area contributed by atoms with E-state index in [0.29, 0.717) is 23.7 Å². The Morgan fingerprint density at radius 1 is 0.962 bits per heavy atom. The fraction of sp³-hybridized carbons (Fsp3) is 0.350. The van der Waals surface area contributed by atoms with Crippen molar-refractivity contribution >= 4 is 24.0 Å². The lowest BCUT2D eigenvalue weighted by molar-refractivity contribution is -0.116. The number of halogens is 1. The molecule has 0 aliphatic carbocycles. The van der Waals surface area contributed by atoms with E-state index < -0.39 is 0 Å². The first-order valence-corrected chi connectivity index (χ1v) is 8.64. The molecule has 1 amide bonds. The first kappa shape index (κ1) is 21.8. The molecule has 0 aliphatic heterocycles. The summed E-state index contributed by atoms with van der Waals surface area (Å²) in [7, 11) is 1.61. The van der Waals surface area contributed by atoms with E-state index in [1.54, 1.807) is 7.11 Å². The van der Waals surface area contributed by atoms with Gasteiger partial charge in [-0.3, -0.25) is 4.79 Å². The maximum absolute atomic E-state index is 11.9. The number of ether oxygens (including phenoxy) is 2. The lowest BCUT2D eigenvalue weighted by Crippen LogP contribution is -2.11. The Morgan fingerprint density at radius 2 is 1.62 bits per heavy atom. The number of hydrogen-bond donors (Lipinski definition) is 2. The number of carbonyl (C=O) groups excluding carboxylic acids is 1. The molecule has 6 heteroatoms. The average molecular weight is 379 g/mol. The topological polar surface area (TPSA) is 73.6 Å². The van der Waals surface area contributed by atoms with Gasteiger partial charge in [0, 0.05) is 12.1 Å². The molecule has 5 nitrogen and oxygen atoms in total. The summed E-state index contributed by atoms with van der Waals surface area (Å²) in [4.78, 5) is 11.9. The van der Waals surface area contributed by atoms with E-state index in [1.807, 2.05) is 48.5 Å². The Hall–Kier alpha value is -2.24. The summed E-state index contributed by atoms with van der Waals surface area (Å²) in [5, 5.41) is 2.90. The molecule has 26 heavy (non-hydrogen) atoms. The van der Waals surface area contributed by atoms with Gasteiger partial charge in [0.2, 0.25) is 5.91 Å². The molecule has 0 atom stereocenters. The third-order valence-electron chi connectivity index (χ3n) is 3.79. The highest BCUT2D eigenvalue weighted by atomic mass is 35.5. The summed E-state index contributed by atoms with van der Waals surface area (Å²) in [6, 6.07) is 14.8. The fourth-order valence-corrected chi connectivity index (χ4v) is 2.44. The molecule has 2 aromatic rings. The summed E-state index contributed by atoms with van der Waals surface area (Å²) < 4.78 is 11.1. The van der Waals surface area contributed by atoms with Crippen LogP contribution in [0.25, 0.3) is 0 Å². The maximum atomic E-state index is 11.9. The number of benzene rings is 2. The zero-order valence-electron chi connectivity index (χ0n) is 15.1. The van der Waals surface area contributed by atoms with Crippen LogP contribution in [0.15, 0.2) is 48.5 Å². The van der Waals surface area contributed by atoms with Gasteiger partial charge in [-0.05, 0) is 55.8 Å². The molecular formula is C20H27ClN2O3. The monoisotopic (exact) mass is 378 g/mol. The number of carbonyl (C=O) groups is 1. The molecule has 3 N–H and O–H groups in total. The zero-order chi connectivity index (χ0) is 17.9. The van der Waals surface area contributed by atoms with Crippen molar-refractivity contribution in [1.82, 2.24) is 0 Å². The first-order chi connectivity index (χ1) is 12.2.